The summed E-state index contributed by atoms with van der Waals surface area (Å²) in [6.07, 6.45) is 7.28. The minimum atomic E-state index is -0.613. The predicted molar refractivity (Wildman–Crippen MR) is 79.1 cm³/mol. The fourth-order valence-electron chi connectivity index (χ4n) is 3.61. The fourth-order valence-corrected chi connectivity index (χ4v) is 3.61. The molecule has 4 atom stereocenters. The zero-order valence-corrected chi connectivity index (χ0v) is 13.0. The zero-order valence-electron chi connectivity index (χ0n) is 13.0. The average molecular weight is 278 g/mol. The second-order valence-electron chi connectivity index (χ2n) is 6.51. The van der Waals surface area contributed by atoms with E-state index >= 15 is 0 Å². The Hall–Kier alpha value is -1.09. The monoisotopic (exact) mass is 278 g/mol. The second-order valence-corrected chi connectivity index (χ2v) is 6.51. The summed E-state index contributed by atoms with van der Waals surface area (Å²) in [5, 5.41) is 10.3. The first-order valence-electron chi connectivity index (χ1n) is 7.58. The Labute approximate surface area is 121 Å². The standard InChI is InChI=1S/C17H26O3/c1-11-10-17(4)12(2)6-5-7-14(17)8-9-15(19)16(11)20-13(3)18/h7,10,12,15-16,19H,5-6,8-9H2,1-4H3. The van der Waals surface area contributed by atoms with Gasteiger partial charge in [-0.15, -0.1) is 0 Å². The van der Waals surface area contributed by atoms with Gasteiger partial charge in [0.25, 0.3) is 0 Å². The van der Waals surface area contributed by atoms with Crippen LogP contribution in [0, 0.1) is 11.3 Å². The summed E-state index contributed by atoms with van der Waals surface area (Å²) >= 11 is 0. The molecule has 0 spiro atoms. The number of fused-ring (bicyclic) bond motifs is 1. The third-order valence-corrected chi connectivity index (χ3v) is 5.03. The number of hydrogen-bond donors (Lipinski definition) is 1. The van der Waals surface area contributed by atoms with E-state index in [1.807, 2.05) is 6.92 Å². The molecule has 1 N–H and O–H groups in total. The molecule has 0 aliphatic heterocycles. The van der Waals surface area contributed by atoms with Crippen LogP contribution in [-0.4, -0.2) is 23.3 Å². The van der Waals surface area contributed by atoms with Gasteiger partial charge in [-0.2, -0.15) is 0 Å². The number of allylic oxidation sites excluding steroid dienone is 3. The van der Waals surface area contributed by atoms with Gasteiger partial charge >= 0.3 is 5.97 Å². The first-order valence-corrected chi connectivity index (χ1v) is 7.58. The van der Waals surface area contributed by atoms with Gasteiger partial charge in [-0.25, -0.2) is 0 Å². The molecule has 0 aromatic heterocycles. The van der Waals surface area contributed by atoms with Crippen molar-refractivity contribution in [1.29, 1.82) is 0 Å². The number of ether oxygens (including phenoxy) is 1. The van der Waals surface area contributed by atoms with Crippen LogP contribution in [0.3, 0.4) is 0 Å². The van der Waals surface area contributed by atoms with Crippen LogP contribution in [0.25, 0.3) is 0 Å². The number of rotatable bonds is 1. The number of aliphatic hydroxyl groups is 1. The lowest BCUT2D eigenvalue weighted by Crippen LogP contribution is -2.37. The van der Waals surface area contributed by atoms with Gasteiger partial charge in [0.2, 0.25) is 0 Å². The van der Waals surface area contributed by atoms with E-state index in [2.05, 4.69) is 26.0 Å². The lowest BCUT2D eigenvalue weighted by Gasteiger charge is -2.42. The molecular formula is C17H26O3. The molecule has 112 valence electrons. The molecule has 0 saturated carbocycles. The summed E-state index contributed by atoms with van der Waals surface area (Å²) in [7, 11) is 0. The first kappa shape index (κ1) is 15.3. The minimum absolute atomic E-state index is 0.0286. The van der Waals surface area contributed by atoms with Crippen molar-refractivity contribution < 1.29 is 14.6 Å². The molecule has 0 aromatic carbocycles. The van der Waals surface area contributed by atoms with Crippen LogP contribution in [0.5, 0.6) is 0 Å². The Morgan fingerprint density at radius 2 is 2.15 bits per heavy atom. The minimum Gasteiger partial charge on any atom is -0.455 e. The molecule has 2 rings (SSSR count). The molecule has 4 unspecified atom stereocenters. The van der Waals surface area contributed by atoms with Gasteiger partial charge in [-0.1, -0.05) is 31.6 Å². The van der Waals surface area contributed by atoms with E-state index in [0.717, 1.165) is 18.4 Å². The number of hydrogen-bond acceptors (Lipinski definition) is 3. The van der Waals surface area contributed by atoms with Crippen LogP contribution >= 0.6 is 0 Å². The number of carbonyl (C=O) groups excluding carboxylic acids is 1. The highest BCUT2D eigenvalue weighted by atomic mass is 16.6. The largest absolute Gasteiger partial charge is 0.455 e. The summed E-state index contributed by atoms with van der Waals surface area (Å²) in [6.45, 7) is 7.92. The van der Waals surface area contributed by atoms with Gasteiger partial charge in [0, 0.05) is 12.3 Å². The molecule has 20 heavy (non-hydrogen) atoms. The van der Waals surface area contributed by atoms with Gasteiger partial charge in [0.15, 0.2) is 0 Å². The van der Waals surface area contributed by atoms with Crippen molar-refractivity contribution in [1.82, 2.24) is 0 Å². The maximum Gasteiger partial charge on any atom is 0.303 e. The van der Waals surface area contributed by atoms with E-state index in [1.54, 1.807) is 0 Å². The van der Waals surface area contributed by atoms with Crippen molar-refractivity contribution in [3.05, 3.63) is 23.3 Å². The third-order valence-electron chi connectivity index (χ3n) is 5.03. The van der Waals surface area contributed by atoms with Gasteiger partial charge < -0.3 is 9.84 Å². The molecule has 3 nitrogen and oxygen atoms in total. The molecule has 0 bridgehead atoms. The molecule has 0 amide bonds. The summed E-state index contributed by atoms with van der Waals surface area (Å²) < 4.78 is 5.33. The van der Waals surface area contributed by atoms with Crippen molar-refractivity contribution >= 4 is 5.97 Å². The summed E-state index contributed by atoms with van der Waals surface area (Å²) in [5.41, 5.74) is 2.42. The van der Waals surface area contributed by atoms with Crippen LogP contribution in [0.4, 0.5) is 0 Å². The Balaban J connectivity index is 2.39. The Kier molecular flexibility index (Phi) is 4.38. The van der Waals surface area contributed by atoms with Crippen molar-refractivity contribution in [2.24, 2.45) is 11.3 Å². The van der Waals surface area contributed by atoms with E-state index < -0.39 is 12.2 Å². The van der Waals surface area contributed by atoms with Crippen LogP contribution in [0.15, 0.2) is 23.3 Å². The number of aliphatic hydroxyl groups excluding tert-OH is 1. The highest BCUT2D eigenvalue weighted by Gasteiger charge is 2.38. The lowest BCUT2D eigenvalue weighted by atomic mass is 9.64. The quantitative estimate of drug-likeness (QED) is 0.591. The molecule has 0 aromatic rings. The van der Waals surface area contributed by atoms with E-state index in [1.165, 1.54) is 18.9 Å². The van der Waals surface area contributed by atoms with E-state index in [0.29, 0.717) is 12.3 Å². The highest BCUT2D eigenvalue weighted by Crippen LogP contribution is 2.47. The van der Waals surface area contributed by atoms with Crippen molar-refractivity contribution in [2.75, 3.05) is 0 Å². The van der Waals surface area contributed by atoms with Crippen LogP contribution in [0.2, 0.25) is 0 Å². The molecule has 0 fully saturated rings. The fraction of sp³-hybridized carbons (Fsp3) is 0.706. The molecule has 2 aliphatic rings. The Morgan fingerprint density at radius 1 is 1.45 bits per heavy atom. The Morgan fingerprint density at radius 3 is 2.80 bits per heavy atom. The van der Waals surface area contributed by atoms with Gasteiger partial charge in [-0.05, 0) is 44.1 Å². The molecule has 2 aliphatic carbocycles. The van der Waals surface area contributed by atoms with Crippen molar-refractivity contribution in [2.45, 2.75) is 65.6 Å². The Bertz CT molecular complexity index is 449. The molecular weight excluding hydrogens is 252 g/mol. The third kappa shape index (κ3) is 2.83. The molecule has 0 radical (unpaired) electrons. The van der Waals surface area contributed by atoms with Crippen LogP contribution < -0.4 is 0 Å². The van der Waals surface area contributed by atoms with Crippen LogP contribution in [0.1, 0.15) is 53.4 Å². The van der Waals surface area contributed by atoms with E-state index in [9.17, 15) is 9.90 Å². The zero-order chi connectivity index (χ0) is 14.9. The van der Waals surface area contributed by atoms with E-state index in [4.69, 9.17) is 4.74 Å². The van der Waals surface area contributed by atoms with Crippen molar-refractivity contribution in [3.63, 3.8) is 0 Å². The SMILES string of the molecule is CC(=O)OC1C(C)=CC2(C)C(=CCCC2C)CCC1O. The number of esters is 1. The van der Waals surface area contributed by atoms with Crippen LogP contribution in [-0.2, 0) is 9.53 Å². The average Bonchev–Trinajstić information content (AvgIpc) is 2.36. The van der Waals surface area contributed by atoms with Gasteiger partial charge in [0.05, 0.1) is 6.10 Å². The first-order chi connectivity index (χ1) is 9.34. The van der Waals surface area contributed by atoms with Crippen molar-refractivity contribution in [3.8, 4) is 0 Å². The second kappa shape index (κ2) is 5.72. The lowest BCUT2D eigenvalue weighted by molar-refractivity contribution is -0.149. The molecule has 0 heterocycles. The number of carbonyl (C=O) groups is 1. The maximum atomic E-state index is 11.3. The summed E-state index contributed by atoms with van der Waals surface area (Å²) in [4.78, 5) is 11.3. The van der Waals surface area contributed by atoms with E-state index in [-0.39, 0.29) is 11.4 Å². The van der Waals surface area contributed by atoms with Gasteiger partial charge in [-0.3, -0.25) is 4.79 Å². The summed E-state index contributed by atoms with van der Waals surface area (Å²) in [5.74, 6) is 0.241. The smallest absolute Gasteiger partial charge is 0.303 e. The highest BCUT2D eigenvalue weighted by molar-refractivity contribution is 5.66. The predicted octanol–water partition coefficient (Wildman–Crippen LogP) is 3.38. The molecule has 3 heteroatoms. The summed E-state index contributed by atoms with van der Waals surface area (Å²) in [6, 6.07) is 0. The van der Waals surface area contributed by atoms with Gasteiger partial charge in [0.1, 0.15) is 6.10 Å². The molecule has 0 saturated heterocycles. The normalized spacial score (nSPS) is 38.0. The topological polar surface area (TPSA) is 46.5 Å². The maximum absolute atomic E-state index is 11.3.